The topological polar surface area (TPSA) is 59.6 Å². The van der Waals surface area contributed by atoms with Crippen molar-refractivity contribution in [3.8, 4) is 0 Å². The second-order valence-electron chi connectivity index (χ2n) is 6.00. The Morgan fingerprint density at radius 2 is 1.69 bits per heavy atom. The first-order valence-electron chi connectivity index (χ1n) is 7.99. The van der Waals surface area contributed by atoms with Gasteiger partial charge in [0, 0.05) is 20.2 Å². The van der Waals surface area contributed by atoms with Crippen molar-refractivity contribution in [3.05, 3.63) is 75.7 Å². The van der Waals surface area contributed by atoms with E-state index < -0.39 is 0 Å². The average molecular weight is 367 g/mol. The first kappa shape index (κ1) is 16.4. The molecule has 0 N–H and O–H groups in total. The van der Waals surface area contributed by atoms with Crippen molar-refractivity contribution < 1.29 is 4.79 Å². The maximum atomic E-state index is 12.9. The number of hydrogen-bond acceptors (Lipinski definition) is 3. The molecule has 0 atom stereocenters. The summed E-state index contributed by atoms with van der Waals surface area (Å²) in [7, 11) is 3.33. The SMILES string of the molecule is CN(C(=O)c1cc2c(=O)n(C)c3ccccc3n2n1)c1ccccc1Cl. The fourth-order valence-corrected chi connectivity index (χ4v) is 3.30. The lowest BCUT2D eigenvalue weighted by atomic mass is 10.2. The van der Waals surface area contributed by atoms with E-state index in [0.717, 1.165) is 11.0 Å². The van der Waals surface area contributed by atoms with Crippen molar-refractivity contribution in [2.45, 2.75) is 0 Å². The summed E-state index contributed by atoms with van der Waals surface area (Å²) in [6.07, 6.45) is 0. The van der Waals surface area contributed by atoms with Gasteiger partial charge in [0.2, 0.25) is 0 Å². The van der Waals surface area contributed by atoms with Crippen LogP contribution in [0.15, 0.2) is 59.4 Å². The maximum Gasteiger partial charge on any atom is 0.278 e. The van der Waals surface area contributed by atoms with Gasteiger partial charge >= 0.3 is 0 Å². The molecule has 0 aliphatic heterocycles. The van der Waals surface area contributed by atoms with E-state index in [0.29, 0.717) is 16.2 Å². The van der Waals surface area contributed by atoms with E-state index in [1.807, 2.05) is 24.3 Å². The van der Waals surface area contributed by atoms with Crippen LogP contribution >= 0.6 is 11.6 Å². The first-order chi connectivity index (χ1) is 12.5. The molecule has 7 heteroatoms. The normalized spacial score (nSPS) is 11.2. The van der Waals surface area contributed by atoms with Gasteiger partial charge in [0.05, 0.1) is 21.7 Å². The van der Waals surface area contributed by atoms with Crippen molar-refractivity contribution in [1.82, 2.24) is 14.2 Å². The Labute approximate surface area is 153 Å². The summed E-state index contributed by atoms with van der Waals surface area (Å²) < 4.78 is 3.07. The minimum atomic E-state index is -0.340. The summed E-state index contributed by atoms with van der Waals surface area (Å²) in [6, 6.07) is 16.0. The van der Waals surface area contributed by atoms with Crippen LogP contribution in [0.3, 0.4) is 0 Å². The summed E-state index contributed by atoms with van der Waals surface area (Å²) in [5.41, 5.74) is 2.39. The molecule has 4 rings (SSSR count). The summed E-state index contributed by atoms with van der Waals surface area (Å²) in [5, 5.41) is 4.85. The van der Waals surface area contributed by atoms with Crippen LogP contribution in [0.2, 0.25) is 5.02 Å². The number of hydrogen-bond donors (Lipinski definition) is 0. The smallest absolute Gasteiger partial charge is 0.278 e. The summed E-state index contributed by atoms with van der Waals surface area (Å²) in [4.78, 5) is 26.9. The lowest BCUT2D eigenvalue weighted by Gasteiger charge is -2.17. The Morgan fingerprint density at radius 3 is 2.42 bits per heavy atom. The molecule has 2 heterocycles. The molecule has 0 radical (unpaired) electrons. The third-order valence-electron chi connectivity index (χ3n) is 4.44. The Morgan fingerprint density at radius 1 is 1.04 bits per heavy atom. The van der Waals surface area contributed by atoms with Gasteiger partial charge < -0.3 is 9.47 Å². The Hall–Kier alpha value is -3.12. The largest absolute Gasteiger partial charge is 0.309 e. The van der Waals surface area contributed by atoms with Crippen LogP contribution in [0.4, 0.5) is 5.69 Å². The number of fused-ring (bicyclic) bond motifs is 3. The fraction of sp³-hybridized carbons (Fsp3) is 0.105. The molecule has 0 saturated heterocycles. The van der Waals surface area contributed by atoms with Crippen molar-refractivity contribution in [1.29, 1.82) is 0 Å². The lowest BCUT2D eigenvalue weighted by Crippen LogP contribution is -2.26. The van der Waals surface area contributed by atoms with Crippen molar-refractivity contribution in [3.63, 3.8) is 0 Å². The number of aromatic nitrogens is 3. The highest BCUT2D eigenvalue weighted by Crippen LogP contribution is 2.25. The molecule has 0 unspecified atom stereocenters. The quantitative estimate of drug-likeness (QED) is 0.547. The van der Waals surface area contributed by atoms with Crippen molar-refractivity contribution >= 4 is 39.7 Å². The van der Waals surface area contributed by atoms with Gasteiger partial charge in [-0.1, -0.05) is 35.9 Å². The Balaban J connectivity index is 1.89. The second-order valence-corrected chi connectivity index (χ2v) is 6.40. The molecule has 0 spiro atoms. The van der Waals surface area contributed by atoms with Gasteiger partial charge in [-0.3, -0.25) is 9.59 Å². The molecule has 130 valence electrons. The van der Waals surface area contributed by atoms with Crippen LogP contribution < -0.4 is 10.5 Å². The van der Waals surface area contributed by atoms with E-state index in [2.05, 4.69) is 5.10 Å². The number of carbonyl (C=O) groups is 1. The molecule has 6 nitrogen and oxygen atoms in total. The second kappa shape index (κ2) is 6.00. The maximum absolute atomic E-state index is 12.9. The number of para-hydroxylation sites is 3. The first-order valence-corrected chi connectivity index (χ1v) is 8.37. The van der Waals surface area contributed by atoms with Crippen LogP contribution in [-0.2, 0) is 7.05 Å². The number of halogens is 1. The molecule has 0 saturated carbocycles. The number of nitrogens with zero attached hydrogens (tertiary/aromatic N) is 4. The van der Waals surface area contributed by atoms with Crippen LogP contribution in [0.1, 0.15) is 10.5 Å². The zero-order valence-corrected chi connectivity index (χ0v) is 14.9. The average Bonchev–Trinajstić information content (AvgIpc) is 3.11. The third kappa shape index (κ3) is 2.38. The van der Waals surface area contributed by atoms with E-state index in [9.17, 15) is 9.59 Å². The predicted molar refractivity (Wildman–Crippen MR) is 102 cm³/mol. The minimum Gasteiger partial charge on any atom is -0.309 e. The molecule has 4 aromatic rings. The van der Waals surface area contributed by atoms with E-state index in [1.165, 1.54) is 15.5 Å². The standard InChI is InChI=1S/C19H15ClN4O2/c1-22(14-8-4-3-7-12(14)20)18(25)13-11-17-19(26)23(2)15-9-5-6-10-16(15)24(17)21-13/h3-11H,1-2H3. The number of benzene rings is 2. The molecular formula is C19H15ClN4O2. The van der Waals surface area contributed by atoms with E-state index in [1.54, 1.807) is 42.9 Å². The van der Waals surface area contributed by atoms with E-state index >= 15 is 0 Å². The highest BCUT2D eigenvalue weighted by atomic mass is 35.5. The van der Waals surface area contributed by atoms with E-state index in [4.69, 9.17) is 11.6 Å². The van der Waals surface area contributed by atoms with Gasteiger partial charge in [-0.2, -0.15) is 5.10 Å². The van der Waals surface area contributed by atoms with Crippen molar-refractivity contribution in [2.75, 3.05) is 11.9 Å². The number of aryl methyl sites for hydroxylation is 1. The summed E-state index contributed by atoms with van der Waals surface area (Å²) in [5.74, 6) is -0.340. The fourth-order valence-electron chi connectivity index (χ4n) is 3.03. The van der Waals surface area contributed by atoms with Gasteiger partial charge in [0.25, 0.3) is 11.5 Å². The number of amides is 1. The van der Waals surface area contributed by atoms with Gasteiger partial charge in [-0.25, -0.2) is 4.52 Å². The Bertz CT molecular complexity index is 1230. The third-order valence-corrected chi connectivity index (χ3v) is 4.76. The van der Waals surface area contributed by atoms with Gasteiger partial charge in [-0.05, 0) is 24.3 Å². The van der Waals surface area contributed by atoms with Crippen molar-refractivity contribution in [2.24, 2.45) is 7.05 Å². The molecule has 2 aromatic carbocycles. The molecule has 26 heavy (non-hydrogen) atoms. The zero-order valence-electron chi connectivity index (χ0n) is 14.2. The zero-order chi connectivity index (χ0) is 18.4. The van der Waals surface area contributed by atoms with Crippen LogP contribution in [-0.4, -0.2) is 27.1 Å². The predicted octanol–water partition coefficient (Wildman–Crippen LogP) is 3.12. The molecule has 0 fully saturated rings. The minimum absolute atomic E-state index is 0.181. The van der Waals surface area contributed by atoms with Crippen LogP contribution in [0.5, 0.6) is 0 Å². The van der Waals surface area contributed by atoms with E-state index in [-0.39, 0.29) is 17.2 Å². The van der Waals surface area contributed by atoms with Crippen LogP contribution in [0, 0.1) is 0 Å². The molecule has 0 aliphatic carbocycles. The van der Waals surface area contributed by atoms with Crippen LogP contribution in [0.25, 0.3) is 16.6 Å². The van der Waals surface area contributed by atoms with Gasteiger partial charge in [0.1, 0.15) is 5.52 Å². The van der Waals surface area contributed by atoms with Gasteiger partial charge in [-0.15, -0.1) is 0 Å². The summed E-state index contributed by atoms with van der Waals surface area (Å²) in [6.45, 7) is 0. The molecule has 1 amide bonds. The Kier molecular flexibility index (Phi) is 3.77. The molecule has 0 bridgehead atoms. The monoisotopic (exact) mass is 366 g/mol. The molecule has 0 aliphatic rings. The molecular weight excluding hydrogens is 352 g/mol. The number of anilines is 1. The summed E-state index contributed by atoms with van der Waals surface area (Å²) >= 11 is 6.18. The number of rotatable bonds is 2. The van der Waals surface area contributed by atoms with Gasteiger partial charge in [0.15, 0.2) is 5.69 Å². The number of carbonyl (C=O) groups excluding carboxylic acids is 1. The molecule has 2 aromatic heterocycles. The highest BCUT2D eigenvalue weighted by molar-refractivity contribution is 6.34. The highest BCUT2D eigenvalue weighted by Gasteiger charge is 2.21. The lowest BCUT2D eigenvalue weighted by molar-refractivity contribution is 0.0988.